The molecule has 0 aliphatic rings. The van der Waals surface area contributed by atoms with Crippen LogP contribution in [0.1, 0.15) is 5.69 Å². The SMILES string of the molecule is C=CCc1[c]c[nH]c(=O)n1. The van der Waals surface area contributed by atoms with E-state index < -0.39 is 0 Å². The Morgan fingerprint density at radius 2 is 2.70 bits per heavy atom. The molecule has 0 saturated heterocycles. The highest BCUT2D eigenvalue weighted by molar-refractivity contribution is 5.00. The van der Waals surface area contributed by atoms with Gasteiger partial charge in [0.2, 0.25) is 0 Å². The Hall–Kier alpha value is -1.38. The Labute approximate surface area is 58.4 Å². The lowest BCUT2D eigenvalue weighted by atomic mass is 10.3. The second kappa shape index (κ2) is 2.96. The van der Waals surface area contributed by atoms with E-state index in [0.717, 1.165) is 0 Å². The highest BCUT2D eigenvalue weighted by Crippen LogP contribution is 1.87. The molecule has 0 aliphatic carbocycles. The molecule has 0 atom stereocenters. The van der Waals surface area contributed by atoms with Crippen LogP contribution in [0.4, 0.5) is 0 Å². The molecule has 1 aromatic heterocycles. The molecule has 0 spiro atoms. The van der Waals surface area contributed by atoms with Crippen molar-refractivity contribution >= 4 is 0 Å². The summed E-state index contributed by atoms with van der Waals surface area (Å²) in [6, 6.07) is 2.77. The molecule has 1 aromatic rings. The van der Waals surface area contributed by atoms with Gasteiger partial charge in [0.05, 0.1) is 5.69 Å². The van der Waals surface area contributed by atoms with Gasteiger partial charge in [0.25, 0.3) is 0 Å². The Bertz CT molecular complexity index is 277. The average molecular weight is 135 g/mol. The van der Waals surface area contributed by atoms with Crippen LogP contribution in [0.2, 0.25) is 0 Å². The van der Waals surface area contributed by atoms with Crippen LogP contribution >= 0.6 is 0 Å². The van der Waals surface area contributed by atoms with Crippen molar-refractivity contribution in [3.05, 3.63) is 41.1 Å². The number of nitrogens with one attached hydrogen (secondary N) is 1. The zero-order valence-electron chi connectivity index (χ0n) is 5.42. The molecular formula is C7H7N2O. The largest absolute Gasteiger partial charge is 0.345 e. The van der Waals surface area contributed by atoms with E-state index in [4.69, 9.17) is 0 Å². The minimum absolute atomic E-state index is 0.337. The molecule has 1 radical (unpaired) electrons. The first kappa shape index (κ1) is 6.74. The van der Waals surface area contributed by atoms with E-state index in [1.807, 2.05) is 0 Å². The van der Waals surface area contributed by atoms with Gasteiger partial charge in [-0.3, -0.25) is 0 Å². The minimum atomic E-state index is -0.337. The van der Waals surface area contributed by atoms with Crippen molar-refractivity contribution in [1.29, 1.82) is 0 Å². The standard InChI is InChI=1S/C7H7N2O/c1-2-3-6-4-5-8-7(10)9-6/h2,5H,1,3H2,(H,8,9,10). The molecule has 0 bridgehead atoms. The number of hydrogen-bond acceptors (Lipinski definition) is 2. The lowest BCUT2D eigenvalue weighted by Crippen LogP contribution is -2.10. The van der Waals surface area contributed by atoms with Crippen LogP contribution in [-0.2, 0) is 6.42 Å². The van der Waals surface area contributed by atoms with E-state index in [2.05, 4.69) is 22.6 Å². The number of rotatable bonds is 2. The Balaban J connectivity index is 2.95. The highest BCUT2D eigenvalue weighted by atomic mass is 16.1. The summed E-state index contributed by atoms with van der Waals surface area (Å²) in [5.41, 5.74) is 0.286. The first-order valence-corrected chi connectivity index (χ1v) is 2.90. The molecule has 0 fully saturated rings. The number of aromatic amines is 1. The number of hydrogen-bond donors (Lipinski definition) is 1. The summed E-state index contributed by atoms with van der Waals surface area (Å²) >= 11 is 0. The van der Waals surface area contributed by atoms with Gasteiger partial charge in [-0.1, -0.05) is 6.08 Å². The minimum Gasteiger partial charge on any atom is -0.312 e. The summed E-state index contributed by atoms with van der Waals surface area (Å²) in [7, 11) is 0. The summed E-state index contributed by atoms with van der Waals surface area (Å²) in [5.74, 6) is 0. The zero-order valence-corrected chi connectivity index (χ0v) is 5.42. The molecule has 1 N–H and O–H groups in total. The Morgan fingerprint density at radius 3 is 3.30 bits per heavy atom. The van der Waals surface area contributed by atoms with Crippen molar-refractivity contribution in [2.45, 2.75) is 6.42 Å². The number of nitrogens with zero attached hydrogens (tertiary/aromatic N) is 1. The third-order valence-electron chi connectivity index (χ3n) is 1.01. The lowest BCUT2D eigenvalue weighted by Gasteiger charge is -1.89. The van der Waals surface area contributed by atoms with Crippen molar-refractivity contribution in [1.82, 2.24) is 9.97 Å². The second-order valence-corrected chi connectivity index (χ2v) is 1.79. The molecule has 0 amide bonds. The van der Waals surface area contributed by atoms with Gasteiger partial charge < -0.3 is 4.98 Å². The van der Waals surface area contributed by atoms with Gasteiger partial charge in [0.1, 0.15) is 0 Å². The van der Waals surface area contributed by atoms with Gasteiger partial charge in [-0.25, -0.2) is 4.79 Å². The van der Waals surface area contributed by atoms with E-state index in [1.165, 1.54) is 6.20 Å². The first-order valence-electron chi connectivity index (χ1n) is 2.90. The van der Waals surface area contributed by atoms with Crippen molar-refractivity contribution in [3.63, 3.8) is 0 Å². The highest BCUT2D eigenvalue weighted by Gasteiger charge is 1.89. The van der Waals surface area contributed by atoms with Gasteiger partial charge in [-0.05, 0) is 0 Å². The van der Waals surface area contributed by atoms with Gasteiger partial charge in [-0.2, -0.15) is 4.98 Å². The molecule has 1 rings (SSSR count). The molecule has 1 heterocycles. The summed E-state index contributed by atoms with van der Waals surface area (Å²) < 4.78 is 0. The van der Waals surface area contributed by atoms with Crippen molar-refractivity contribution < 1.29 is 0 Å². The third-order valence-corrected chi connectivity index (χ3v) is 1.01. The number of allylic oxidation sites excluding steroid dienone is 1. The number of H-pyrrole nitrogens is 1. The van der Waals surface area contributed by atoms with E-state index in [1.54, 1.807) is 6.08 Å². The fraction of sp³-hybridized carbons (Fsp3) is 0.143. The second-order valence-electron chi connectivity index (χ2n) is 1.79. The quantitative estimate of drug-likeness (QED) is 0.593. The maximum absolute atomic E-state index is 10.5. The summed E-state index contributed by atoms with van der Waals surface area (Å²) in [4.78, 5) is 16.5. The molecule has 3 nitrogen and oxygen atoms in total. The van der Waals surface area contributed by atoms with E-state index in [0.29, 0.717) is 12.1 Å². The normalized spacial score (nSPS) is 9.20. The van der Waals surface area contributed by atoms with Gasteiger partial charge in [0.15, 0.2) is 0 Å². The summed E-state index contributed by atoms with van der Waals surface area (Å²) in [6.07, 6.45) is 3.72. The average Bonchev–Trinajstić information content (AvgIpc) is 1.88. The van der Waals surface area contributed by atoms with E-state index in [9.17, 15) is 4.79 Å². The van der Waals surface area contributed by atoms with Crippen molar-refractivity contribution in [2.24, 2.45) is 0 Å². The predicted octanol–water partition coefficient (Wildman–Crippen LogP) is 0.299. The maximum Gasteiger partial charge on any atom is 0.345 e. The van der Waals surface area contributed by atoms with Crippen LogP contribution in [-0.4, -0.2) is 9.97 Å². The topological polar surface area (TPSA) is 45.8 Å². The predicted molar refractivity (Wildman–Crippen MR) is 37.6 cm³/mol. The fourth-order valence-corrected chi connectivity index (χ4v) is 0.610. The summed E-state index contributed by atoms with van der Waals surface area (Å²) in [5, 5.41) is 0. The monoisotopic (exact) mass is 135 g/mol. The fourth-order valence-electron chi connectivity index (χ4n) is 0.610. The van der Waals surface area contributed by atoms with E-state index in [-0.39, 0.29) is 5.69 Å². The third kappa shape index (κ3) is 1.55. The molecule has 0 saturated carbocycles. The van der Waals surface area contributed by atoms with Gasteiger partial charge in [0, 0.05) is 18.7 Å². The molecular weight excluding hydrogens is 128 g/mol. The summed E-state index contributed by atoms with van der Waals surface area (Å²) in [6.45, 7) is 3.51. The lowest BCUT2D eigenvalue weighted by molar-refractivity contribution is 0.987. The van der Waals surface area contributed by atoms with Crippen molar-refractivity contribution in [2.75, 3.05) is 0 Å². The van der Waals surface area contributed by atoms with Crippen LogP contribution in [0.3, 0.4) is 0 Å². The van der Waals surface area contributed by atoms with Gasteiger partial charge in [-0.15, -0.1) is 6.58 Å². The maximum atomic E-state index is 10.5. The molecule has 51 valence electrons. The number of aromatic nitrogens is 2. The molecule has 0 aliphatic heterocycles. The van der Waals surface area contributed by atoms with Crippen LogP contribution in [0.5, 0.6) is 0 Å². The smallest absolute Gasteiger partial charge is 0.312 e. The van der Waals surface area contributed by atoms with Crippen LogP contribution in [0.25, 0.3) is 0 Å². The van der Waals surface area contributed by atoms with Gasteiger partial charge >= 0.3 is 5.69 Å². The Morgan fingerprint density at radius 1 is 1.90 bits per heavy atom. The zero-order chi connectivity index (χ0) is 7.40. The van der Waals surface area contributed by atoms with Crippen LogP contribution < -0.4 is 5.69 Å². The first-order chi connectivity index (χ1) is 4.83. The van der Waals surface area contributed by atoms with Crippen LogP contribution in [0, 0.1) is 6.07 Å². The van der Waals surface area contributed by atoms with Crippen LogP contribution in [0.15, 0.2) is 23.6 Å². The molecule has 0 unspecified atom stereocenters. The molecule has 3 heteroatoms. The van der Waals surface area contributed by atoms with E-state index >= 15 is 0 Å². The van der Waals surface area contributed by atoms with Crippen molar-refractivity contribution in [3.8, 4) is 0 Å². The Kier molecular flexibility index (Phi) is 1.99. The molecule has 0 aromatic carbocycles. The molecule has 10 heavy (non-hydrogen) atoms.